The maximum atomic E-state index is 5.76. The lowest BCUT2D eigenvalue weighted by Crippen LogP contribution is -2.41. The molecule has 1 unspecified atom stereocenters. The number of rotatable bonds is 5. The maximum absolute atomic E-state index is 5.76. The third kappa shape index (κ3) is 4.17. The molecule has 0 aliphatic carbocycles. The molecule has 1 atom stereocenters. The normalized spacial score (nSPS) is 16.2. The van der Waals surface area contributed by atoms with E-state index in [1.54, 1.807) is 6.20 Å². The molecule has 4 rings (SSSR count). The van der Waals surface area contributed by atoms with E-state index in [-0.39, 0.29) is 6.04 Å². The molecule has 0 bridgehead atoms. The molecule has 1 aliphatic rings. The molecule has 0 amide bonds. The second kappa shape index (κ2) is 8.61. The standard InChI is InChI=1S/C22H25N5O/c1-2-23-22(26-20-11-14-28-21-10-4-3-9-19(20)21)24-16-17-7-5-8-18(15-17)27-13-6-12-25-27/h3-10,12-13,15,20H,2,11,14,16H2,1H3,(H2,23,24,26). The molecule has 144 valence electrons. The number of ether oxygens (including phenoxy) is 1. The van der Waals surface area contributed by atoms with Gasteiger partial charge in [0.1, 0.15) is 5.75 Å². The minimum atomic E-state index is 0.193. The first kappa shape index (κ1) is 18.1. The first-order valence-electron chi connectivity index (χ1n) is 9.69. The van der Waals surface area contributed by atoms with Crippen LogP contribution < -0.4 is 15.4 Å². The van der Waals surface area contributed by atoms with Crippen molar-refractivity contribution in [2.45, 2.75) is 25.9 Å². The van der Waals surface area contributed by atoms with Gasteiger partial charge >= 0.3 is 0 Å². The van der Waals surface area contributed by atoms with Gasteiger partial charge in [-0.15, -0.1) is 0 Å². The van der Waals surface area contributed by atoms with Gasteiger partial charge in [-0.3, -0.25) is 0 Å². The second-order valence-electron chi connectivity index (χ2n) is 6.69. The average Bonchev–Trinajstić information content (AvgIpc) is 3.28. The Morgan fingerprint density at radius 2 is 2.14 bits per heavy atom. The molecule has 0 saturated heterocycles. The van der Waals surface area contributed by atoms with E-state index in [1.165, 1.54) is 5.56 Å². The van der Waals surface area contributed by atoms with E-state index >= 15 is 0 Å². The van der Waals surface area contributed by atoms with Crippen LogP contribution in [0.15, 0.2) is 72.0 Å². The van der Waals surface area contributed by atoms with Crippen molar-refractivity contribution >= 4 is 5.96 Å². The Bertz CT molecular complexity index is 936. The smallest absolute Gasteiger partial charge is 0.192 e. The topological polar surface area (TPSA) is 63.5 Å². The molecule has 28 heavy (non-hydrogen) atoms. The molecule has 0 spiro atoms. The molecular weight excluding hydrogens is 350 g/mol. The van der Waals surface area contributed by atoms with Crippen molar-refractivity contribution in [3.05, 3.63) is 78.1 Å². The highest BCUT2D eigenvalue weighted by atomic mass is 16.5. The zero-order valence-electron chi connectivity index (χ0n) is 16.0. The highest BCUT2D eigenvalue weighted by Crippen LogP contribution is 2.31. The number of hydrogen-bond acceptors (Lipinski definition) is 3. The summed E-state index contributed by atoms with van der Waals surface area (Å²) in [5.41, 5.74) is 3.35. The van der Waals surface area contributed by atoms with Crippen molar-refractivity contribution in [2.75, 3.05) is 13.2 Å². The molecule has 2 aromatic carbocycles. The number of hydrogen-bond donors (Lipinski definition) is 2. The summed E-state index contributed by atoms with van der Waals surface area (Å²) in [6.45, 7) is 4.19. The van der Waals surface area contributed by atoms with Gasteiger partial charge in [0, 0.05) is 30.9 Å². The van der Waals surface area contributed by atoms with Crippen LogP contribution >= 0.6 is 0 Å². The number of guanidine groups is 1. The Labute approximate surface area is 165 Å². The van der Waals surface area contributed by atoms with Crippen LogP contribution in [0.2, 0.25) is 0 Å². The van der Waals surface area contributed by atoms with Crippen LogP contribution in [-0.2, 0) is 6.54 Å². The van der Waals surface area contributed by atoms with E-state index in [2.05, 4.69) is 40.9 Å². The number of para-hydroxylation sites is 1. The van der Waals surface area contributed by atoms with Crippen LogP contribution in [0.4, 0.5) is 0 Å². The van der Waals surface area contributed by atoms with Crippen LogP contribution in [-0.4, -0.2) is 28.9 Å². The fourth-order valence-electron chi connectivity index (χ4n) is 3.37. The van der Waals surface area contributed by atoms with Crippen LogP contribution in [0, 0.1) is 0 Å². The molecule has 6 nitrogen and oxygen atoms in total. The summed E-state index contributed by atoms with van der Waals surface area (Å²) in [6, 6.07) is 18.6. The van der Waals surface area contributed by atoms with Crippen LogP contribution in [0.3, 0.4) is 0 Å². The van der Waals surface area contributed by atoms with E-state index in [9.17, 15) is 0 Å². The van der Waals surface area contributed by atoms with E-state index in [0.29, 0.717) is 13.2 Å². The molecule has 6 heteroatoms. The van der Waals surface area contributed by atoms with Crippen LogP contribution in [0.5, 0.6) is 5.75 Å². The summed E-state index contributed by atoms with van der Waals surface area (Å²) in [4.78, 5) is 4.80. The number of aromatic nitrogens is 2. The number of benzene rings is 2. The monoisotopic (exact) mass is 375 g/mol. The highest BCUT2D eigenvalue weighted by Gasteiger charge is 2.21. The fraction of sp³-hybridized carbons (Fsp3) is 0.273. The predicted molar refractivity (Wildman–Crippen MR) is 111 cm³/mol. The van der Waals surface area contributed by atoms with Crippen molar-refractivity contribution < 1.29 is 4.74 Å². The fourth-order valence-corrected chi connectivity index (χ4v) is 3.37. The molecule has 0 fully saturated rings. The van der Waals surface area contributed by atoms with E-state index < -0.39 is 0 Å². The molecule has 2 heterocycles. The quantitative estimate of drug-likeness (QED) is 0.530. The number of nitrogens with zero attached hydrogens (tertiary/aromatic N) is 3. The number of aliphatic imine (C=N–C) groups is 1. The summed E-state index contributed by atoms with van der Waals surface area (Å²) < 4.78 is 7.62. The van der Waals surface area contributed by atoms with E-state index in [0.717, 1.165) is 35.9 Å². The van der Waals surface area contributed by atoms with Gasteiger partial charge in [0.2, 0.25) is 0 Å². The molecule has 1 aliphatic heterocycles. The number of nitrogens with one attached hydrogen (secondary N) is 2. The van der Waals surface area contributed by atoms with Gasteiger partial charge in [-0.05, 0) is 36.8 Å². The molecular formula is C22H25N5O. The lowest BCUT2D eigenvalue weighted by molar-refractivity contribution is 0.261. The summed E-state index contributed by atoms with van der Waals surface area (Å²) >= 11 is 0. The predicted octanol–water partition coefficient (Wildman–Crippen LogP) is 3.45. The van der Waals surface area contributed by atoms with Crippen molar-refractivity contribution in [1.82, 2.24) is 20.4 Å². The highest BCUT2D eigenvalue weighted by molar-refractivity contribution is 5.80. The van der Waals surface area contributed by atoms with Gasteiger partial charge in [0.25, 0.3) is 0 Å². The molecule has 3 aromatic rings. The lowest BCUT2D eigenvalue weighted by atomic mass is 10.0. The maximum Gasteiger partial charge on any atom is 0.192 e. The van der Waals surface area contributed by atoms with Crippen molar-refractivity contribution in [2.24, 2.45) is 4.99 Å². The zero-order valence-corrected chi connectivity index (χ0v) is 16.0. The SMILES string of the molecule is CCNC(=NCc1cccc(-n2cccn2)c1)NC1CCOc2ccccc21. The van der Waals surface area contributed by atoms with Gasteiger partial charge < -0.3 is 15.4 Å². The van der Waals surface area contributed by atoms with Crippen molar-refractivity contribution in [1.29, 1.82) is 0 Å². The molecule has 2 N–H and O–H groups in total. The second-order valence-corrected chi connectivity index (χ2v) is 6.69. The lowest BCUT2D eigenvalue weighted by Gasteiger charge is -2.28. The summed E-state index contributed by atoms with van der Waals surface area (Å²) in [5, 5.41) is 11.2. The van der Waals surface area contributed by atoms with E-state index in [4.69, 9.17) is 9.73 Å². The summed E-state index contributed by atoms with van der Waals surface area (Å²) in [6.07, 6.45) is 4.64. The first-order chi connectivity index (χ1) is 13.8. The summed E-state index contributed by atoms with van der Waals surface area (Å²) in [7, 11) is 0. The average molecular weight is 375 g/mol. The minimum absolute atomic E-state index is 0.193. The minimum Gasteiger partial charge on any atom is -0.493 e. The zero-order chi connectivity index (χ0) is 19.2. The Morgan fingerprint density at radius 3 is 3.00 bits per heavy atom. The Balaban J connectivity index is 1.49. The molecule has 0 radical (unpaired) electrons. The Hall–Kier alpha value is -3.28. The first-order valence-corrected chi connectivity index (χ1v) is 9.69. The molecule has 0 saturated carbocycles. The van der Waals surface area contributed by atoms with Crippen molar-refractivity contribution in [3.63, 3.8) is 0 Å². The van der Waals surface area contributed by atoms with Gasteiger partial charge in [-0.1, -0.05) is 30.3 Å². The number of fused-ring (bicyclic) bond motifs is 1. The Kier molecular flexibility index (Phi) is 5.56. The largest absolute Gasteiger partial charge is 0.493 e. The van der Waals surface area contributed by atoms with Gasteiger partial charge in [0.15, 0.2) is 5.96 Å². The van der Waals surface area contributed by atoms with Crippen LogP contribution in [0.1, 0.15) is 30.5 Å². The van der Waals surface area contributed by atoms with Gasteiger partial charge in [-0.25, -0.2) is 9.67 Å². The Morgan fingerprint density at radius 1 is 1.21 bits per heavy atom. The third-order valence-corrected chi connectivity index (χ3v) is 4.71. The molecule has 1 aromatic heterocycles. The van der Waals surface area contributed by atoms with Gasteiger partial charge in [-0.2, -0.15) is 5.10 Å². The third-order valence-electron chi connectivity index (χ3n) is 4.71. The summed E-state index contributed by atoms with van der Waals surface area (Å²) in [5.74, 6) is 1.77. The van der Waals surface area contributed by atoms with Gasteiger partial charge in [0.05, 0.1) is 24.9 Å². The van der Waals surface area contributed by atoms with E-state index in [1.807, 2.05) is 47.3 Å². The van der Waals surface area contributed by atoms with Crippen molar-refractivity contribution in [3.8, 4) is 11.4 Å². The van der Waals surface area contributed by atoms with Crippen LogP contribution in [0.25, 0.3) is 5.69 Å².